The third-order valence-corrected chi connectivity index (χ3v) is 8.02. The number of fused-ring (bicyclic) bond motifs is 1. The van der Waals surface area contributed by atoms with Gasteiger partial charge in [0.25, 0.3) is 0 Å². The smallest absolute Gasteiger partial charge is 0.234 e. The van der Waals surface area contributed by atoms with E-state index in [1.807, 2.05) is 32.0 Å². The van der Waals surface area contributed by atoms with Gasteiger partial charge < -0.3 is 10.2 Å². The second-order valence-electron chi connectivity index (χ2n) is 7.69. The van der Waals surface area contributed by atoms with Gasteiger partial charge in [-0.25, -0.2) is 17.2 Å². The predicted molar refractivity (Wildman–Crippen MR) is 120 cm³/mol. The summed E-state index contributed by atoms with van der Waals surface area (Å²) in [6.45, 7) is 3.80. The molecular formula is C21H21F2N3O3S2. The highest BCUT2D eigenvalue weighted by Crippen LogP contribution is 2.36. The van der Waals surface area contributed by atoms with Crippen LogP contribution in [0.4, 0.5) is 20.2 Å². The molecular weight excluding hydrogens is 444 g/mol. The number of aliphatic imine (C=N–C) groups is 1. The molecule has 2 heterocycles. The van der Waals surface area contributed by atoms with Gasteiger partial charge in [-0.15, -0.1) is 0 Å². The molecule has 2 aromatic carbocycles. The van der Waals surface area contributed by atoms with Crippen molar-refractivity contribution in [2.24, 2.45) is 4.99 Å². The van der Waals surface area contributed by atoms with E-state index < -0.39 is 33.6 Å². The van der Waals surface area contributed by atoms with Crippen LogP contribution in [0.25, 0.3) is 0 Å². The van der Waals surface area contributed by atoms with Gasteiger partial charge >= 0.3 is 0 Å². The molecule has 2 aliphatic heterocycles. The maximum Gasteiger partial charge on any atom is 0.234 e. The summed E-state index contributed by atoms with van der Waals surface area (Å²) in [5.74, 6) is -2.08. The van der Waals surface area contributed by atoms with E-state index in [1.165, 1.54) is 11.0 Å². The van der Waals surface area contributed by atoms with Gasteiger partial charge in [0.05, 0.1) is 35.0 Å². The number of hydrogen-bond donors (Lipinski definition) is 1. The molecule has 1 fully saturated rings. The van der Waals surface area contributed by atoms with Crippen molar-refractivity contribution < 1.29 is 22.0 Å². The van der Waals surface area contributed by atoms with Crippen molar-refractivity contribution in [1.82, 2.24) is 0 Å². The summed E-state index contributed by atoms with van der Waals surface area (Å²) in [6.07, 6.45) is 0. The number of sulfone groups is 1. The fourth-order valence-electron chi connectivity index (χ4n) is 3.91. The Bertz CT molecular complexity index is 1160. The molecule has 31 heavy (non-hydrogen) atoms. The molecule has 2 aromatic rings. The van der Waals surface area contributed by atoms with Crippen LogP contribution in [-0.2, 0) is 14.6 Å². The fraction of sp³-hybridized carbons (Fsp3) is 0.333. The number of para-hydroxylation sites is 1. The van der Waals surface area contributed by atoms with E-state index in [1.54, 1.807) is 0 Å². The summed E-state index contributed by atoms with van der Waals surface area (Å²) >= 11 is 1.10. The highest BCUT2D eigenvalue weighted by Gasteiger charge is 2.47. The Hall–Kier alpha value is -2.46. The lowest BCUT2D eigenvalue weighted by atomic mass is 10.1. The van der Waals surface area contributed by atoms with E-state index in [2.05, 4.69) is 10.3 Å². The average molecular weight is 466 g/mol. The largest absolute Gasteiger partial charge is 0.325 e. The summed E-state index contributed by atoms with van der Waals surface area (Å²) in [7, 11) is -3.31. The van der Waals surface area contributed by atoms with Gasteiger partial charge in [0.2, 0.25) is 5.91 Å². The lowest BCUT2D eigenvalue weighted by Crippen LogP contribution is -2.40. The number of halogens is 2. The summed E-state index contributed by atoms with van der Waals surface area (Å²) in [6, 6.07) is 7.73. The van der Waals surface area contributed by atoms with Gasteiger partial charge in [-0.1, -0.05) is 30.0 Å². The fourth-order valence-corrected chi connectivity index (χ4v) is 6.67. The van der Waals surface area contributed by atoms with E-state index in [4.69, 9.17) is 0 Å². The van der Waals surface area contributed by atoms with Crippen molar-refractivity contribution in [2.45, 2.75) is 25.9 Å². The number of rotatable bonds is 4. The molecule has 0 bridgehead atoms. The number of carbonyl (C=O) groups excluding carboxylic acids is 1. The van der Waals surface area contributed by atoms with Gasteiger partial charge in [0, 0.05) is 11.8 Å². The van der Waals surface area contributed by atoms with E-state index in [0.29, 0.717) is 5.17 Å². The van der Waals surface area contributed by atoms with E-state index in [-0.39, 0.29) is 28.9 Å². The lowest BCUT2D eigenvalue weighted by molar-refractivity contribution is -0.113. The zero-order chi connectivity index (χ0) is 22.3. The molecule has 1 saturated heterocycles. The minimum absolute atomic E-state index is 0.0120. The first kappa shape index (κ1) is 21.8. The topological polar surface area (TPSA) is 78.8 Å². The molecule has 1 N–H and O–H groups in total. The first-order valence-corrected chi connectivity index (χ1v) is 12.5. The standard InChI is InChI=1S/C21H21F2N3O3S2/c1-12-4-3-5-13(2)20(12)25-19(27)9-30-21-24-16-10-31(28,29)11-18(16)26(21)17-7-6-14(22)8-15(17)23/h3-8,16,18H,9-11H2,1-2H3,(H,25,27)/t16-,18-/m0/s1. The molecule has 0 saturated carbocycles. The maximum absolute atomic E-state index is 14.5. The lowest BCUT2D eigenvalue weighted by Gasteiger charge is -2.26. The first-order valence-electron chi connectivity index (χ1n) is 9.66. The molecule has 0 aromatic heterocycles. The van der Waals surface area contributed by atoms with Gasteiger partial charge in [0.1, 0.15) is 11.6 Å². The highest BCUT2D eigenvalue weighted by molar-refractivity contribution is 8.14. The SMILES string of the molecule is Cc1cccc(C)c1NC(=O)CSC1=N[C@H]2CS(=O)(=O)C[C@@H]2N1c1ccc(F)cc1F. The van der Waals surface area contributed by atoms with Crippen LogP contribution >= 0.6 is 11.8 Å². The second-order valence-corrected chi connectivity index (χ2v) is 10.8. The van der Waals surface area contributed by atoms with Crippen LogP contribution < -0.4 is 10.2 Å². The number of hydrogen-bond acceptors (Lipinski definition) is 6. The second kappa shape index (κ2) is 8.23. The molecule has 4 rings (SSSR count). The number of amidine groups is 1. The number of anilines is 2. The summed E-state index contributed by atoms with van der Waals surface area (Å²) in [4.78, 5) is 18.5. The number of amides is 1. The number of aryl methyl sites for hydroxylation is 2. The van der Waals surface area contributed by atoms with Crippen LogP contribution in [0.2, 0.25) is 0 Å². The molecule has 1 amide bonds. The molecule has 0 unspecified atom stereocenters. The van der Waals surface area contributed by atoms with Crippen molar-refractivity contribution in [1.29, 1.82) is 0 Å². The Balaban J connectivity index is 1.55. The Morgan fingerprint density at radius 2 is 1.90 bits per heavy atom. The molecule has 0 aliphatic carbocycles. The Morgan fingerprint density at radius 1 is 1.19 bits per heavy atom. The maximum atomic E-state index is 14.5. The monoisotopic (exact) mass is 465 g/mol. The zero-order valence-corrected chi connectivity index (χ0v) is 18.6. The minimum atomic E-state index is -3.31. The van der Waals surface area contributed by atoms with E-state index >= 15 is 0 Å². The van der Waals surface area contributed by atoms with Crippen molar-refractivity contribution in [3.63, 3.8) is 0 Å². The molecule has 10 heteroatoms. The average Bonchev–Trinajstić information content (AvgIpc) is 3.15. The third kappa shape index (κ3) is 4.45. The highest BCUT2D eigenvalue weighted by atomic mass is 32.2. The van der Waals surface area contributed by atoms with Gasteiger partial charge in [0.15, 0.2) is 15.0 Å². The number of thioether (sulfide) groups is 1. The normalized spacial score (nSPS) is 21.7. The number of nitrogens with one attached hydrogen (secondary N) is 1. The molecule has 6 nitrogen and oxygen atoms in total. The van der Waals surface area contributed by atoms with Crippen LogP contribution in [0, 0.1) is 25.5 Å². The number of nitrogens with zero attached hydrogens (tertiary/aromatic N) is 2. The Morgan fingerprint density at radius 3 is 2.58 bits per heavy atom. The quantitative estimate of drug-likeness (QED) is 0.750. The summed E-state index contributed by atoms with van der Waals surface area (Å²) < 4.78 is 52.1. The summed E-state index contributed by atoms with van der Waals surface area (Å²) in [5, 5.41) is 3.24. The molecule has 0 spiro atoms. The molecule has 0 radical (unpaired) electrons. The van der Waals surface area contributed by atoms with Crippen LogP contribution in [0.15, 0.2) is 41.4 Å². The third-order valence-electron chi connectivity index (χ3n) is 5.35. The molecule has 2 atom stereocenters. The first-order chi connectivity index (χ1) is 14.6. The Labute approximate surface area is 183 Å². The van der Waals surface area contributed by atoms with Crippen LogP contribution in [0.3, 0.4) is 0 Å². The Kier molecular flexibility index (Phi) is 5.78. The van der Waals surface area contributed by atoms with Crippen molar-refractivity contribution in [3.8, 4) is 0 Å². The minimum Gasteiger partial charge on any atom is -0.325 e. The van der Waals surface area contributed by atoms with E-state index in [9.17, 15) is 22.0 Å². The van der Waals surface area contributed by atoms with Crippen LogP contribution in [0.5, 0.6) is 0 Å². The number of carbonyl (C=O) groups is 1. The van der Waals surface area contributed by atoms with Crippen molar-refractivity contribution in [3.05, 3.63) is 59.2 Å². The van der Waals surface area contributed by atoms with Gasteiger partial charge in [-0.2, -0.15) is 0 Å². The van der Waals surface area contributed by atoms with Crippen LogP contribution in [0.1, 0.15) is 11.1 Å². The molecule has 2 aliphatic rings. The number of benzene rings is 2. The van der Waals surface area contributed by atoms with Crippen LogP contribution in [-0.4, -0.2) is 48.8 Å². The zero-order valence-electron chi connectivity index (χ0n) is 16.9. The molecule has 164 valence electrons. The summed E-state index contributed by atoms with van der Waals surface area (Å²) in [5.41, 5.74) is 2.66. The van der Waals surface area contributed by atoms with E-state index in [0.717, 1.165) is 40.7 Å². The predicted octanol–water partition coefficient (Wildman–Crippen LogP) is 3.30. The van der Waals surface area contributed by atoms with Gasteiger partial charge in [-0.05, 0) is 37.1 Å². The van der Waals surface area contributed by atoms with Gasteiger partial charge in [-0.3, -0.25) is 9.79 Å². The van der Waals surface area contributed by atoms with Crippen molar-refractivity contribution >= 4 is 44.0 Å². The van der Waals surface area contributed by atoms with Crippen molar-refractivity contribution in [2.75, 3.05) is 27.5 Å².